The van der Waals surface area contributed by atoms with Crippen LogP contribution in [0.5, 0.6) is 0 Å². The van der Waals surface area contributed by atoms with E-state index in [9.17, 15) is 5.26 Å². The molecule has 2 aromatic carbocycles. The van der Waals surface area contributed by atoms with Crippen molar-refractivity contribution in [1.29, 1.82) is 5.26 Å². The van der Waals surface area contributed by atoms with Crippen molar-refractivity contribution in [3.8, 4) is 6.07 Å². The number of ether oxygens (including phenoxy) is 1. The number of nitrogens with zero attached hydrogens (tertiary/aromatic N) is 3. The highest BCUT2D eigenvalue weighted by atomic mass is 16.5. The standard InChI is InChI=1S/C22H25N3O/c1-2-24-12-13-25(20-10-6-4-8-18(20)15-23)21(16-24)22-19-9-5-3-7-17(19)11-14-26-22/h3-10,21-22H,2,11-14,16H2,1H3. The molecule has 26 heavy (non-hydrogen) atoms. The SMILES string of the molecule is CCN1CCN(c2ccccc2C#N)C(C2OCCc3ccccc32)C1. The summed E-state index contributed by atoms with van der Waals surface area (Å²) in [7, 11) is 0. The molecule has 0 aliphatic carbocycles. The first-order valence-corrected chi connectivity index (χ1v) is 9.49. The van der Waals surface area contributed by atoms with Crippen molar-refractivity contribution in [2.24, 2.45) is 0 Å². The van der Waals surface area contributed by atoms with Gasteiger partial charge in [0.05, 0.1) is 23.9 Å². The number of anilines is 1. The molecule has 2 aliphatic rings. The molecule has 0 radical (unpaired) electrons. The average Bonchev–Trinajstić information content (AvgIpc) is 2.73. The van der Waals surface area contributed by atoms with Crippen LogP contribution in [0.2, 0.25) is 0 Å². The predicted octanol–water partition coefficient (Wildman–Crippen LogP) is 3.38. The lowest BCUT2D eigenvalue weighted by Crippen LogP contribution is -2.56. The minimum absolute atomic E-state index is 0.0426. The Bertz CT molecular complexity index is 813. The van der Waals surface area contributed by atoms with E-state index in [4.69, 9.17) is 4.74 Å². The molecule has 0 bridgehead atoms. The topological polar surface area (TPSA) is 39.5 Å². The van der Waals surface area contributed by atoms with Gasteiger partial charge < -0.3 is 9.64 Å². The third-order valence-electron chi connectivity index (χ3n) is 5.66. The number of piperazine rings is 1. The Morgan fingerprint density at radius 1 is 1.12 bits per heavy atom. The maximum atomic E-state index is 9.58. The highest BCUT2D eigenvalue weighted by Crippen LogP contribution is 2.36. The van der Waals surface area contributed by atoms with Crippen LogP contribution in [0, 0.1) is 11.3 Å². The van der Waals surface area contributed by atoms with Crippen molar-refractivity contribution < 1.29 is 4.74 Å². The highest BCUT2D eigenvalue weighted by Gasteiger charge is 2.37. The normalized spacial score (nSPS) is 23.3. The van der Waals surface area contributed by atoms with Gasteiger partial charge in [-0.3, -0.25) is 4.90 Å². The second-order valence-electron chi connectivity index (χ2n) is 7.02. The molecule has 2 aliphatic heterocycles. The van der Waals surface area contributed by atoms with E-state index in [0.29, 0.717) is 0 Å². The molecular weight excluding hydrogens is 322 g/mol. The number of benzene rings is 2. The zero-order valence-electron chi connectivity index (χ0n) is 15.3. The Balaban J connectivity index is 1.74. The van der Waals surface area contributed by atoms with Crippen LogP contribution < -0.4 is 4.90 Å². The van der Waals surface area contributed by atoms with Crippen LogP contribution in [-0.4, -0.2) is 43.7 Å². The van der Waals surface area contributed by atoms with Gasteiger partial charge >= 0.3 is 0 Å². The van der Waals surface area contributed by atoms with Gasteiger partial charge in [-0.05, 0) is 36.2 Å². The monoisotopic (exact) mass is 347 g/mol. The van der Waals surface area contributed by atoms with E-state index >= 15 is 0 Å². The Morgan fingerprint density at radius 3 is 2.77 bits per heavy atom. The summed E-state index contributed by atoms with van der Waals surface area (Å²) in [6.45, 7) is 6.90. The second kappa shape index (κ2) is 7.49. The van der Waals surface area contributed by atoms with E-state index in [1.165, 1.54) is 11.1 Å². The van der Waals surface area contributed by atoms with Crippen molar-refractivity contribution in [1.82, 2.24) is 4.90 Å². The zero-order valence-corrected chi connectivity index (χ0v) is 15.3. The summed E-state index contributed by atoms with van der Waals surface area (Å²) in [5.41, 5.74) is 4.47. The van der Waals surface area contributed by atoms with E-state index < -0.39 is 0 Å². The summed E-state index contributed by atoms with van der Waals surface area (Å²) in [6.07, 6.45) is 1.02. The molecule has 134 valence electrons. The Labute approximate surface area is 155 Å². The molecule has 4 rings (SSSR count). The number of nitriles is 1. The number of fused-ring (bicyclic) bond motifs is 1. The highest BCUT2D eigenvalue weighted by molar-refractivity contribution is 5.60. The van der Waals surface area contributed by atoms with Crippen LogP contribution in [0.15, 0.2) is 48.5 Å². The Kier molecular flexibility index (Phi) is 4.92. The minimum atomic E-state index is 0.0426. The molecule has 0 saturated carbocycles. The van der Waals surface area contributed by atoms with Gasteiger partial charge in [0.25, 0.3) is 0 Å². The molecule has 1 fully saturated rings. The Morgan fingerprint density at radius 2 is 1.92 bits per heavy atom. The first-order chi connectivity index (χ1) is 12.8. The van der Waals surface area contributed by atoms with Crippen LogP contribution in [0.25, 0.3) is 0 Å². The van der Waals surface area contributed by atoms with E-state index in [1.54, 1.807) is 0 Å². The number of hydrogen-bond donors (Lipinski definition) is 0. The quantitative estimate of drug-likeness (QED) is 0.853. The largest absolute Gasteiger partial charge is 0.371 e. The number of likely N-dealkylation sites (N-methyl/N-ethyl adjacent to an activating group) is 1. The molecular formula is C22H25N3O. The number of rotatable bonds is 3. The van der Waals surface area contributed by atoms with E-state index in [1.807, 2.05) is 18.2 Å². The van der Waals surface area contributed by atoms with Gasteiger partial charge in [-0.2, -0.15) is 5.26 Å². The summed E-state index contributed by atoms with van der Waals surface area (Å²) in [6, 6.07) is 19.2. The average molecular weight is 347 g/mol. The van der Waals surface area contributed by atoms with Crippen molar-refractivity contribution in [2.75, 3.05) is 37.7 Å². The molecule has 1 saturated heterocycles. The summed E-state index contributed by atoms with van der Waals surface area (Å²) in [5.74, 6) is 0. The number of hydrogen-bond acceptors (Lipinski definition) is 4. The summed E-state index contributed by atoms with van der Waals surface area (Å²) in [5, 5.41) is 9.58. The van der Waals surface area contributed by atoms with Crippen molar-refractivity contribution in [3.05, 3.63) is 65.2 Å². The fraction of sp³-hybridized carbons (Fsp3) is 0.409. The van der Waals surface area contributed by atoms with E-state index in [2.05, 4.69) is 53.1 Å². The number of para-hydroxylation sites is 1. The first-order valence-electron chi connectivity index (χ1n) is 9.49. The lowest BCUT2D eigenvalue weighted by molar-refractivity contribution is 0.00759. The third kappa shape index (κ3) is 3.09. The van der Waals surface area contributed by atoms with Crippen LogP contribution in [0.4, 0.5) is 5.69 Å². The first kappa shape index (κ1) is 17.1. The molecule has 2 unspecified atom stereocenters. The van der Waals surface area contributed by atoms with Crippen LogP contribution in [0.1, 0.15) is 29.7 Å². The van der Waals surface area contributed by atoms with E-state index in [-0.39, 0.29) is 12.1 Å². The van der Waals surface area contributed by atoms with Gasteiger partial charge in [0.15, 0.2) is 0 Å². The Hall–Kier alpha value is -2.35. The van der Waals surface area contributed by atoms with Crippen LogP contribution in [-0.2, 0) is 11.2 Å². The maximum Gasteiger partial charge on any atom is 0.104 e. The van der Waals surface area contributed by atoms with Crippen molar-refractivity contribution in [3.63, 3.8) is 0 Å². The van der Waals surface area contributed by atoms with Gasteiger partial charge in [0, 0.05) is 19.6 Å². The lowest BCUT2D eigenvalue weighted by atomic mass is 9.90. The van der Waals surface area contributed by atoms with Gasteiger partial charge in [-0.25, -0.2) is 0 Å². The fourth-order valence-corrected chi connectivity index (χ4v) is 4.28. The molecule has 0 N–H and O–H groups in total. The van der Waals surface area contributed by atoms with Crippen molar-refractivity contribution in [2.45, 2.75) is 25.5 Å². The molecule has 2 heterocycles. The summed E-state index contributed by atoms with van der Waals surface area (Å²) in [4.78, 5) is 4.88. The lowest BCUT2D eigenvalue weighted by Gasteiger charge is -2.47. The molecule has 4 nitrogen and oxygen atoms in total. The second-order valence-corrected chi connectivity index (χ2v) is 7.02. The molecule has 4 heteroatoms. The predicted molar refractivity (Wildman–Crippen MR) is 103 cm³/mol. The van der Waals surface area contributed by atoms with E-state index in [0.717, 1.165) is 50.5 Å². The van der Waals surface area contributed by atoms with Crippen molar-refractivity contribution >= 4 is 5.69 Å². The third-order valence-corrected chi connectivity index (χ3v) is 5.66. The minimum Gasteiger partial charge on any atom is -0.371 e. The summed E-state index contributed by atoms with van der Waals surface area (Å²) < 4.78 is 6.31. The smallest absolute Gasteiger partial charge is 0.104 e. The molecule has 2 atom stereocenters. The molecule has 0 aromatic heterocycles. The van der Waals surface area contributed by atoms with Gasteiger partial charge in [-0.15, -0.1) is 0 Å². The van der Waals surface area contributed by atoms with Crippen LogP contribution in [0.3, 0.4) is 0 Å². The molecule has 0 spiro atoms. The molecule has 2 aromatic rings. The van der Waals surface area contributed by atoms with Gasteiger partial charge in [0.1, 0.15) is 12.2 Å². The fourth-order valence-electron chi connectivity index (χ4n) is 4.28. The van der Waals surface area contributed by atoms with Gasteiger partial charge in [-0.1, -0.05) is 43.3 Å². The van der Waals surface area contributed by atoms with Gasteiger partial charge in [0.2, 0.25) is 0 Å². The zero-order chi connectivity index (χ0) is 17.9. The maximum absolute atomic E-state index is 9.58. The molecule has 0 amide bonds. The van der Waals surface area contributed by atoms with Crippen LogP contribution >= 0.6 is 0 Å². The summed E-state index contributed by atoms with van der Waals surface area (Å²) >= 11 is 0.